The Morgan fingerprint density at radius 2 is 2.18 bits per heavy atom. The molecule has 2 rings (SSSR count). The molecular formula is C8H8N4O3S2. The minimum atomic E-state index is -3.70. The van der Waals surface area contributed by atoms with Crippen molar-refractivity contribution >= 4 is 32.9 Å². The first kappa shape index (κ1) is 11.6. The van der Waals surface area contributed by atoms with Crippen molar-refractivity contribution in [3.63, 3.8) is 0 Å². The summed E-state index contributed by atoms with van der Waals surface area (Å²) >= 11 is 1.00. The molecule has 0 aliphatic heterocycles. The van der Waals surface area contributed by atoms with Crippen molar-refractivity contribution in [1.82, 2.24) is 10.2 Å². The molecule has 0 amide bonds. The maximum atomic E-state index is 11.8. The number of nitrogen functional groups attached to an aromatic ring is 1. The second-order valence-electron chi connectivity index (χ2n) is 3.11. The standard InChI is InChI=1S/C8H8N4O3S2/c9-5-3-8(16-4-5)17(14,15)12-6-1-2-7(13)11-10-6/h1-4H,9H2,(H,10,12)(H,11,13). The lowest BCUT2D eigenvalue weighted by atomic mass is 10.5. The Balaban J connectivity index is 2.29. The van der Waals surface area contributed by atoms with Crippen LogP contribution in [-0.2, 0) is 10.0 Å². The van der Waals surface area contributed by atoms with Crippen molar-refractivity contribution in [2.24, 2.45) is 0 Å². The van der Waals surface area contributed by atoms with Crippen LogP contribution in [0.25, 0.3) is 0 Å². The molecule has 0 bridgehead atoms. The molecule has 7 nitrogen and oxygen atoms in total. The predicted molar refractivity (Wildman–Crippen MR) is 64.4 cm³/mol. The Kier molecular flexibility index (Phi) is 2.86. The molecule has 0 aromatic carbocycles. The highest BCUT2D eigenvalue weighted by molar-refractivity contribution is 7.94. The number of nitrogens with one attached hydrogen (secondary N) is 2. The van der Waals surface area contributed by atoms with E-state index in [9.17, 15) is 13.2 Å². The number of anilines is 2. The fourth-order valence-electron chi connectivity index (χ4n) is 1.06. The van der Waals surface area contributed by atoms with Crippen molar-refractivity contribution in [3.8, 4) is 0 Å². The van der Waals surface area contributed by atoms with Crippen molar-refractivity contribution in [2.45, 2.75) is 4.21 Å². The zero-order valence-corrected chi connectivity index (χ0v) is 10.0. The number of aromatic amines is 1. The van der Waals surface area contributed by atoms with Crippen LogP contribution in [0.5, 0.6) is 0 Å². The summed E-state index contributed by atoms with van der Waals surface area (Å²) in [6.07, 6.45) is 0. The number of thiophene rings is 1. The summed E-state index contributed by atoms with van der Waals surface area (Å²) in [4.78, 5) is 10.8. The van der Waals surface area contributed by atoms with Crippen molar-refractivity contribution in [1.29, 1.82) is 0 Å². The highest BCUT2D eigenvalue weighted by Crippen LogP contribution is 2.23. The first-order valence-corrected chi connectivity index (χ1v) is 6.76. The Morgan fingerprint density at radius 3 is 2.71 bits per heavy atom. The van der Waals surface area contributed by atoms with Crippen molar-refractivity contribution < 1.29 is 8.42 Å². The third-order valence-electron chi connectivity index (χ3n) is 1.78. The summed E-state index contributed by atoms with van der Waals surface area (Å²) in [6, 6.07) is 3.79. The number of nitrogens with zero attached hydrogens (tertiary/aromatic N) is 1. The molecule has 0 aliphatic rings. The van der Waals surface area contributed by atoms with Gasteiger partial charge in [-0.05, 0) is 12.1 Å². The quantitative estimate of drug-likeness (QED) is 0.738. The van der Waals surface area contributed by atoms with Gasteiger partial charge in [-0.25, -0.2) is 13.5 Å². The lowest BCUT2D eigenvalue weighted by molar-refractivity contribution is 0.603. The van der Waals surface area contributed by atoms with Gasteiger partial charge in [0.2, 0.25) is 0 Å². The van der Waals surface area contributed by atoms with E-state index < -0.39 is 15.6 Å². The largest absolute Gasteiger partial charge is 0.398 e. The zero-order valence-electron chi connectivity index (χ0n) is 8.38. The molecule has 90 valence electrons. The summed E-state index contributed by atoms with van der Waals surface area (Å²) < 4.78 is 25.9. The summed E-state index contributed by atoms with van der Waals surface area (Å²) in [5.41, 5.74) is 5.41. The lowest BCUT2D eigenvalue weighted by Gasteiger charge is -2.03. The van der Waals surface area contributed by atoms with Crippen LogP contribution in [0.15, 0.2) is 32.6 Å². The molecule has 2 heterocycles. The molecule has 17 heavy (non-hydrogen) atoms. The molecule has 0 saturated heterocycles. The van der Waals surface area contributed by atoms with Crippen LogP contribution in [0, 0.1) is 0 Å². The first-order chi connectivity index (χ1) is 7.97. The van der Waals surface area contributed by atoms with Gasteiger partial charge < -0.3 is 5.73 Å². The normalized spacial score (nSPS) is 11.3. The molecule has 0 aliphatic carbocycles. The number of H-pyrrole nitrogens is 1. The van der Waals surface area contributed by atoms with Crippen LogP contribution in [0.4, 0.5) is 11.5 Å². The van der Waals surface area contributed by atoms with Gasteiger partial charge >= 0.3 is 0 Å². The van der Waals surface area contributed by atoms with Gasteiger partial charge in [0.15, 0.2) is 5.82 Å². The first-order valence-electron chi connectivity index (χ1n) is 4.40. The van der Waals surface area contributed by atoms with Crippen LogP contribution >= 0.6 is 11.3 Å². The fraction of sp³-hybridized carbons (Fsp3) is 0. The fourth-order valence-corrected chi connectivity index (χ4v) is 3.14. The molecule has 9 heteroatoms. The van der Waals surface area contributed by atoms with Gasteiger partial charge in [0.25, 0.3) is 15.6 Å². The molecule has 0 fully saturated rings. The van der Waals surface area contributed by atoms with Crippen LogP contribution < -0.4 is 16.0 Å². The smallest absolute Gasteiger partial charge is 0.272 e. The Morgan fingerprint density at radius 1 is 1.41 bits per heavy atom. The minimum absolute atomic E-state index is 0.0385. The highest BCUT2D eigenvalue weighted by Gasteiger charge is 2.16. The average Bonchev–Trinajstić information content (AvgIpc) is 2.69. The van der Waals surface area contributed by atoms with Gasteiger partial charge in [-0.15, -0.1) is 11.3 Å². The van der Waals surface area contributed by atoms with E-state index in [1.54, 1.807) is 0 Å². The number of nitrogens with two attached hydrogens (primary N) is 1. The second-order valence-corrected chi connectivity index (χ2v) is 5.93. The van der Waals surface area contributed by atoms with Gasteiger partial charge in [-0.2, -0.15) is 5.10 Å². The Hall–Kier alpha value is -1.87. The van der Waals surface area contributed by atoms with E-state index in [0.29, 0.717) is 5.69 Å². The number of hydrogen-bond donors (Lipinski definition) is 3. The van der Waals surface area contributed by atoms with Crippen LogP contribution in [-0.4, -0.2) is 18.6 Å². The third kappa shape index (κ3) is 2.63. The van der Waals surface area contributed by atoms with E-state index in [2.05, 4.69) is 14.9 Å². The van der Waals surface area contributed by atoms with E-state index in [-0.39, 0.29) is 10.0 Å². The average molecular weight is 272 g/mol. The molecule has 0 atom stereocenters. The molecule has 0 radical (unpaired) electrons. The molecule has 2 aromatic rings. The number of sulfonamides is 1. The Labute approximate surface area is 100 Å². The summed E-state index contributed by atoms with van der Waals surface area (Å²) in [7, 11) is -3.70. The maximum Gasteiger partial charge on any atom is 0.272 e. The second kappa shape index (κ2) is 4.18. The van der Waals surface area contributed by atoms with E-state index in [0.717, 1.165) is 11.3 Å². The molecule has 4 N–H and O–H groups in total. The molecular weight excluding hydrogens is 264 g/mol. The minimum Gasteiger partial charge on any atom is -0.398 e. The van der Waals surface area contributed by atoms with E-state index in [4.69, 9.17) is 5.73 Å². The highest BCUT2D eigenvalue weighted by atomic mass is 32.2. The van der Waals surface area contributed by atoms with Gasteiger partial charge in [-0.1, -0.05) is 0 Å². The topological polar surface area (TPSA) is 118 Å². The maximum absolute atomic E-state index is 11.8. The van der Waals surface area contributed by atoms with Crippen molar-refractivity contribution in [2.75, 3.05) is 10.5 Å². The van der Waals surface area contributed by atoms with Gasteiger partial charge in [0.05, 0.1) is 0 Å². The van der Waals surface area contributed by atoms with E-state index >= 15 is 0 Å². The van der Waals surface area contributed by atoms with Crippen LogP contribution in [0.3, 0.4) is 0 Å². The van der Waals surface area contributed by atoms with Crippen molar-refractivity contribution in [3.05, 3.63) is 33.9 Å². The Bertz CT molecular complexity index is 668. The zero-order chi connectivity index (χ0) is 12.5. The summed E-state index contributed by atoms with van der Waals surface area (Å²) in [5, 5.41) is 7.19. The lowest BCUT2D eigenvalue weighted by Crippen LogP contribution is -2.15. The van der Waals surface area contributed by atoms with Gasteiger partial charge in [0.1, 0.15) is 4.21 Å². The SMILES string of the molecule is Nc1csc(S(=O)(=O)Nc2ccc(=O)[nH]n2)c1. The number of aromatic nitrogens is 2. The van der Waals surface area contributed by atoms with Crippen LogP contribution in [0.2, 0.25) is 0 Å². The molecule has 2 aromatic heterocycles. The molecule has 0 unspecified atom stereocenters. The summed E-state index contributed by atoms with van der Waals surface area (Å²) in [5.74, 6) is 0.0385. The molecule has 0 saturated carbocycles. The van der Waals surface area contributed by atoms with Crippen LogP contribution in [0.1, 0.15) is 0 Å². The monoisotopic (exact) mass is 272 g/mol. The van der Waals surface area contributed by atoms with Gasteiger partial charge in [0, 0.05) is 17.1 Å². The van der Waals surface area contributed by atoms with E-state index in [1.807, 2.05) is 0 Å². The number of rotatable bonds is 3. The predicted octanol–water partition coefficient (Wildman–Crippen LogP) is 0.214. The van der Waals surface area contributed by atoms with Gasteiger partial charge in [-0.3, -0.25) is 9.52 Å². The molecule has 0 spiro atoms. The third-order valence-corrected chi connectivity index (χ3v) is 4.59. The van der Waals surface area contributed by atoms with E-state index in [1.165, 1.54) is 23.6 Å². The number of hydrogen-bond acceptors (Lipinski definition) is 6. The summed E-state index contributed by atoms with van der Waals surface area (Å²) in [6.45, 7) is 0.